The van der Waals surface area contributed by atoms with Crippen LogP contribution in [0.2, 0.25) is 0 Å². The van der Waals surface area contributed by atoms with Gasteiger partial charge in [0.2, 0.25) is 0 Å². The summed E-state index contributed by atoms with van der Waals surface area (Å²) < 4.78 is 4.96. The van der Waals surface area contributed by atoms with Crippen LogP contribution in [0.4, 0.5) is 0 Å². The van der Waals surface area contributed by atoms with Crippen LogP contribution in [0.5, 0.6) is 0 Å². The van der Waals surface area contributed by atoms with Gasteiger partial charge in [-0.15, -0.1) is 0 Å². The first-order chi connectivity index (χ1) is 6.90. The summed E-state index contributed by atoms with van der Waals surface area (Å²) in [5.41, 5.74) is 0. The van der Waals surface area contributed by atoms with Crippen LogP contribution in [-0.4, -0.2) is 14.6 Å². The Labute approximate surface area is 91.7 Å². The molecule has 1 aliphatic carbocycles. The molecule has 0 spiro atoms. The average Bonchev–Trinajstić information content (AvgIpc) is 2.71. The molecule has 2 rings (SSSR count). The third kappa shape index (κ3) is 2.25. The van der Waals surface area contributed by atoms with Crippen LogP contribution in [0.15, 0.2) is 10.7 Å². The van der Waals surface area contributed by atoms with E-state index in [9.17, 15) is 0 Å². The van der Waals surface area contributed by atoms with Crippen LogP contribution < -0.4 is 0 Å². The molecule has 1 heterocycles. The van der Waals surface area contributed by atoms with Gasteiger partial charge in [0.05, 0.1) is 12.0 Å². The fraction of sp³-hybridized carbons (Fsp3) is 0.667. The van der Waals surface area contributed by atoms with E-state index in [1.54, 1.807) is 18.1 Å². The van der Waals surface area contributed by atoms with Gasteiger partial charge in [-0.1, -0.05) is 24.6 Å². The quantitative estimate of drug-likeness (QED) is 0.776. The SMILES string of the molecule is N#CC1CCCCC1Sc1ncns1. The number of nitrogens with zero attached hydrogens (tertiary/aromatic N) is 3. The summed E-state index contributed by atoms with van der Waals surface area (Å²) in [4.78, 5) is 4.14. The first-order valence-electron chi connectivity index (χ1n) is 4.73. The molecule has 1 fully saturated rings. The summed E-state index contributed by atoms with van der Waals surface area (Å²) in [6, 6.07) is 2.40. The zero-order valence-corrected chi connectivity index (χ0v) is 9.35. The lowest BCUT2D eigenvalue weighted by molar-refractivity contribution is 0.439. The van der Waals surface area contributed by atoms with Crippen molar-refractivity contribution in [2.45, 2.75) is 35.3 Å². The van der Waals surface area contributed by atoms with E-state index in [0.29, 0.717) is 5.25 Å². The zero-order valence-electron chi connectivity index (χ0n) is 7.72. The van der Waals surface area contributed by atoms with Gasteiger partial charge in [-0.2, -0.15) is 9.64 Å². The number of hydrogen-bond donors (Lipinski definition) is 0. The Morgan fingerprint density at radius 3 is 3.07 bits per heavy atom. The van der Waals surface area contributed by atoms with Crippen LogP contribution in [0, 0.1) is 17.2 Å². The lowest BCUT2D eigenvalue weighted by Gasteiger charge is -2.24. The van der Waals surface area contributed by atoms with Crippen molar-refractivity contribution in [2.75, 3.05) is 0 Å². The molecule has 1 saturated carbocycles. The van der Waals surface area contributed by atoms with Gasteiger partial charge < -0.3 is 0 Å². The number of hydrogen-bond acceptors (Lipinski definition) is 5. The third-order valence-electron chi connectivity index (χ3n) is 2.46. The van der Waals surface area contributed by atoms with Gasteiger partial charge in [0.1, 0.15) is 6.33 Å². The van der Waals surface area contributed by atoms with Crippen molar-refractivity contribution in [2.24, 2.45) is 5.92 Å². The van der Waals surface area contributed by atoms with Gasteiger partial charge in [-0.3, -0.25) is 0 Å². The van der Waals surface area contributed by atoms with E-state index in [2.05, 4.69) is 15.4 Å². The summed E-state index contributed by atoms with van der Waals surface area (Å²) in [7, 11) is 0. The summed E-state index contributed by atoms with van der Waals surface area (Å²) in [6.45, 7) is 0. The molecule has 1 aromatic rings. The molecule has 3 nitrogen and oxygen atoms in total. The molecular formula is C9H11N3S2. The van der Waals surface area contributed by atoms with Crippen molar-refractivity contribution in [1.82, 2.24) is 9.36 Å². The highest BCUT2D eigenvalue weighted by Crippen LogP contribution is 2.37. The molecule has 0 aromatic carbocycles. The van der Waals surface area contributed by atoms with Gasteiger partial charge in [-0.25, -0.2) is 4.98 Å². The number of thioether (sulfide) groups is 1. The van der Waals surface area contributed by atoms with Crippen LogP contribution in [0.3, 0.4) is 0 Å². The number of nitriles is 1. The molecule has 0 N–H and O–H groups in total. The maximum atomic E-state index is 8.99. The van der Waals surface area contributed by atoms with E-state index in [-0.39, 0.29) is 5.92 Å². The maximum Gasteiger partial charge on any atom is 0.170 e. The molecule has 2 atom stereocenters. The minimum absolute atomic E-state index is 0.206. The second-order valence-electron chi connectivity index (χ2n) is 3.38. The standard InChI is InChI=1S/C9H11N3S2/c10-5-7-3-1-2-4-8(7)13-9-11-6-12-14-9/h6-8H,1-4H2. The van der Waals surface area contributed by atoms with Crippen molar-refractivity contribution in [3.63, 3.8) is 0 Å². The fourth-order valence-corrected chi connectivity index (χ4v) is 3.69. The van der Waals surface area contributed by atoms with E-state index in [4.69, 9.17) is 5.26 Å². The molecule has 0 saturated heterocycles. The topological polar surface area (TPSA) is 49.6 Å². The highest BCUT2D eigenvalue weighted by Gasteiger charge is 2.26. The zero-order chi connectivity index (χ0) is 9.80. The van der Waals surface area contributed by atoms with Gasteiger partial charge in [0, 0.05) is 5.25 Å². The molecule has 2 unspecified atom stereocenters. The van der Waals surface area contributed by atoms with Crippen molar-refractivity contribution in [3.8, 4) is 6.07 Å². The Hall–Kier alpha value is -0.600. The second-order valence-corrected chi connectivity index (χ2v) is 5.65. The van der Waals surface area contributed by atoms with Crippen molar-refractivity contribution >= 4 is 23.3 Å². The smallest absolute Gasteiger partial charge is 0.170 e. The molecule has 74 valence electrons. The van der Waals surface area contributed by atoms with Crippen molar-refractivity contribution < 1.29 is 0 Å². The Morgan fingerprint density at radius 1 is 1.50 bits per heavy atom. The summed E-state index contributed by atoms with van der Waals surface area (Å²) >= 11 is 3.15. The number of rotatable bonds is 2. The van der Waals surface area contributed by atoms with E-state index in [1.165, 1.54) is 24.4 Å². The summed E-state index contributed by atoms with van der Waals surface area (Å²) in [5.74, 6) is 0.206. The van der Waals surface area contributed by atoms with Crippen LogP contribution in [0.25, 0.3) is 0 Å². The largest absolute Gasteiger partial charge is 0.216 e. The minimum Gasteiger partial charge on any atom is -0.216 e. The van der Waals surface area contributed by atoms with E-state index in [0.717, 1.165) is 17.2 Å². The van der Waals surface area contributed by atoms with Gasteiger partial charge in [-0.05, 0) is 24.4 Å². The lowest BCUT2D eigenvalue weighted by Crippen LogP contribution is -2.20. The van der Waals surface area contributed by atoms with Crippen molar-refractivity contribution in [1.29, 1.82) is 5.26 Å². The third-order valence-corrected chi connectivity index (χ3v) is 4.61. The van der Waals surface area contributed by atoms with Crippen molar-refractivity contribution in [3.05, 3.63) is 6.33 Å². The second kappa shape index (κ2) is 4.76. The highest BCUT2D eigenvalue weighted by molar-refractivity contribution is 8.01. The predicted molar refractivity (Wildman–Crippen MR) is 57.1 cm³/mol. The van der Waals surface area contributed by atoms with E-state index < -0.39 is 0 Å². The molecule has 5 heteroatoms. The van der Waals surface area contributed by atoms with Gasteiger partial charge in [0.25, 0.3) is 0 Å². The molecule has 0 aliphatic heterocycles. The monoisotopic (exact) mass is 225 g/mol. The molecule has 1 aliphatic rings. The van der Waals surface area contributed by atoms with Crippen LogP contribution in [0.1, 0.15) is 25.7 Å². The minimum atomic E-state index is 0.206. The van der Waals surface area contributed by atoms with Gasteiger partial charge in [0.15, 0.2) is 4.34 Å². The average molecular weight is 225 g/mol. The molecular weight excluding hydrogens is 214 g/mol. The van der Waals surface area contributed by atoms with E-state index in [1.807, 2.05) is 0 Å². The Morgan fingerprint density at radius 2 is 2.36 bits per heavy atom. The first-order valence-corrected chi connectivity index (χ1v) is 6.38. The first kappa shape index (κ1) is 9.94. The highest BCUT2D eigenvalue weighted by atomic mass is 32.2. The lowest BCUT2D eigenvalue weighted by atomic mass is 9.90. The Balaban J connectivity index is 1.99. The maximum absolute atomic E-state index is 8.99. The van der Waals surface area contributed by atoms with Gasteiger partial charge >= 0.3 is 0 Å². The van der Waals surface area contributed by atoms with Crippen LogP contribution >= 0.6 is 23.3 Å². The molecule has 0 radical (unpaired) electrons. The number of aromatic nitrogens is 2. The Kier molecular flexibility index (Phi) is 3.38. The molecule has 0 amide bonds. The normalized spacial score (nSPS) is 27.1. The molecule has 1 aromatic heterocycles. The molecule has 14 heavy (non-hydrogen) atoms. The Bertz CT molecular complexity index is 317. The molecule has 0 bridgehead atoms. The summed E-state index contributed by atoms with van der Waals surface area (Å²) in [5, 5.41) is 9.43. The van der Waals surface area contributed by atoms with Crippen LogP contribution in [-0.2, 0) is 0 Å². The fourth-order valence-electron chi connectivity index (χ4n) is 1.73. The van der Waals surface area contributed by atoms with E-state index >= 15 is 0 Å². The predicted octanol–water partition coefficient (Wildman–Crippen LogP) is 2.71. The summed E-state index contributed by atoms with van der Waals surface area (Å²) in [6.07, 6.45) is 6.21.